The van der Waals surface area contributed by atoms with Crippen molar-refractivity contribution >= 4 is 27.5 Å². The maximum atomic E-state index is 13.8. The molecule has 2 rings (SSSR count). The van der Waals surface area contributed by atoms with E-state index in [1.54, 1.807) is 24.3 Å². The third kappa shape index (κ3) is 4.85. The average molecular weight is 412 g/mol. The molecule has 1 N–H and O–H groups in total. The highest BCUT2D eigenvalue weighted by molar-refractivity contribution is 9.10. The molecule has 2 aromatic carbocycles. The topological polar surface area (TPSA) is 56.8 Å². The number of benzene rings is 2. The molecule has 134 valence electrons. The van der Waals surface area contributed by atoms with E-state index in [4.69, 9.17) is 14.2 Å². The zero-order valence-corrected chi connectivity index (χ0v) is 15.8. The van der Waals surface area contributed by atoms with Gasteiger partial charge in [0, 0.05) is 28.7 Å². The number of aryl methyl sites for hydroxylation is 1. The van der Waals surface area contributed by atoms with Crippen LogP contribution in [0.25, 0.3) is 0 Å². The van der Waals surface area contributed by atoms with Crippen molar-refractivity contribution in [3.05, 3.63) is 46.2 Å². The van der Waals surface area contributed by atoms with Gasteiger partial charge in [-0.15, -0.1) is 0 Å². The van der Waals surface area contributed by atoms with Crippen molar-refractivity contribution in [3.8, 4) is 17.2 Å². The lowest BCUT2D eigenvalue weighted by Crippen LogP contribution is -2.13. The van der Waals surface area contributed by atoms with Crippen molar-refractivity contribution < 1.29 is 23.4 Å². The number of carbonyl (C=O) groups excluding carboxylic acids is 1. The molecular weight excluding hydrogens is 393 g/mol. The van der Waals surface area contributed by atoms with E-state index in [0.29, 0.717) is 39.4 Å². The Labute approximate surface area is 154 Å². The van der Waals surface area contributed by atoms with Gasteiger partial charge in [0.25, 0.3) is 0 Å². The first-order valence-electron chi connectivity index (χ1n) is 7.52. The molecule has 0 atom stereocenters. The summed E-state index contributed by atoms with van der Waals surface area (Å²) in [5.41, 5.74) is 0.999. The Morgan fingerprint density at radius 1 is 1.08 bits per heavy atom. The zero-order valence-electron chi connectivity index (χ0n) is 14.2. The summed E-state index contributed by atoms with van der Waals surface area (Å²) < 4.78 is 30.2. The van der Waals surface area contributed by atoms with Gasteiger partial charge in [-0.3, -0.25) is 4.79 Å². The van der Waals surface area contributed by atoms with Gasteiger partial charge in [0.1, 0.15) is 5.82 Å². The van der Waals surface area contributed by atoms with Gasteiger partial charge in [-0.05, 0) is 24.1 Å². The molecule has 1 amide bonds. The number of methoxy groups -OCH3 is 3. The second-order valence-electron chi connectivity index (χ2n) is 5.20. The number of carbonyl (C=O) groups is 1. The largest absolute Gasteiger partial charge is 0.493 e. The molecule has 0 aliphatic heterocycles. The SMILES string of the molecule is COc1cc(NC(=O)CCc2ccc(Br)cc2F)cc(OC)c1OC. The van der Waals surface area contributed by atoms with Crippen LogP contribution in [-0.4, -0.2) is 27.2 Å². The number of hydrogen-bond acceptors (Lipinski definition) is 4. The Kier molecular flexibility index (Phi) is 6.64. The lowest BCUT2D eigenvalue weighted by Gasteiger charge is -2.14. The molecule has 0 spiro atoms. The van der Waals surface area contributed by atoms with Crippen molar-refractivity contribution in [1.82, 2.24) is 0 Å². The Morgan fingerprint density at radius 3 is 2.24 bits per heavy atom. The van der Waals surface area contributed by atoms with E-state index in [2.05, 4.69) is 21.2 Å². The van der Waals surface area contributed by atoms with E-state index in [0.717, 1.165) is 0 Å². The molecule has 0 saturated heterocycles. The molecule has 0 bridgehead atoms. The number of nitrogens with one attached hydrogen (secondary N) is 1. The lowest BCUT2D eigenvalue weighted by atomic mass is 10.1. The molecular formula is C18H19BrFNO4. The van der Waals surface area contributed by atoms with E-state index in [1.807, 2.05) is 0 Å². The van der Waals surface area contributed by atoms with E-state index in [1.165, 1.54) is 27.4 Å². The fourth-order valence-corrected chi connectivity index (χ4v) is 2.68. The minimum absolute atomic E-state index is 0.148. The molecule has 0 aliphatic rings. The summed E-state index contributed by atoms with van der Waals surface area (Å²) in [4.78, 5) is 12.2. The third-order valence-corrected chi connectivity index (χ3v) is 4.08. The van der Waals surface area contributed by atoms with Crippen molar-refractivity contribution in [3.63, 3.8) is 0 Å². The fraction of sp³-hybridized carbons (Fsp3) is 0.278. The number of anilines is 1. The van der Waals surface area contributed by atoms with Crippen LogP contribution in [0, 0.1) is 5.82 Å². The first-order valence-corrected chi connectivity index (χ1v) is 8.31. The lowest BCUT2D eigenvalue weighted by molar-refractivity contribution is -0.116. The predicted molar refractivity (Wildman–Crippen MR) is 97.1 cm³/mol. The third-order valence-electron chi connectivity index (χ3n) is 3.58. The first kappa shape index (κ1) is 19.1. The van der Waals surface area contributed by atoms with Crippen LogP contribution in [0.3, 0.4) is 0 Å². The van der Waals surface area contributed by atoms with E-state index in [-0.39, 0.29) is 18.1 Å². The second-order valence-corrected chi connectivity index (χ2v) is 6.11. The maximum Gasteiger partial charge on any atom is 0.224 e. The van der Waals surface area contributed by atoms with Crippen LogP contribution >= 0.6 is 15.9 Å². The van der Waals surface area contributed by atoms with Crippen LogP contribution in [0.1, 0.15) is 12.0 Å². The summed E-state index contributed by atoms with van der Waals surface area (Å²) >= 11 is 3.21. The Hall–Kier alpha value is -2.28. The Balaban J connectivity index is 2.07. The number of ether oxygens (including phenoxy) is 3. The van der Waals surface area contributed by atoms with E-state index in [9.17, 15) is 9.18 Å². The van der Waals surface area contributed by atoms with Crippen molar-refractivity contribution in [2.75, 3.05) is 26.6 Å². The Bertz CT molecular complexity index is 742. The summed E-state index contributed by atoms with van der Waals surface area (Å²) in [6.45, 7) is 0. The van der Waals surface area contributed by atoms with Crippen LogP contribution in [0.2, 0.25) is 0 Å². The normalized spacial score (nSPS) is 10.3. The monoisotopic (exact) mass is 411 g/mol. The maximum absolute atomic E-state index is 13.8. The highest BCUT2D eigenvalue weighted by Crippen LogP contribution is 2.39. The molecule has 7 heteroatoms. The van der Waals surface area contributed by atoms with Crippen molar-refractivity contribution in [1.29, 1.82) is 0 Å². The van der Waals surface area contributed by atoms with Crippen LogP contribution in [-0.2, 0) is 11.2 Å². The summed E-state index contributed by atoms with van der Waals surface area (Å²) in [7, 11) is 4.50. The van der Waals surface area contributed by atoms with E-state index >= 15 is 0 Å². The van der Waals surface area contributed by atoms with Crippen LogP contribution in [0.4, 0.5) is 10.1 Å². The molecule has 0 saturated carbocycles. The molecule has 2 aromatic rings. The van der Waals surface area contributed by atoms with Gasteiger partial charge in [0.2, 0.25) is 11.7 Å². The fourth-order valence-electron chi connectivity index (χ4n) is 2.35. The van der Waals surface area contributed by atoms with E-state index < -0.39 is 0 Å². The number of rotatable bonds is 7. The summed E-state index contributed by atoms with van der Waals surface area (Å²) in [6.07, 6.45) is 0.449. The molecule has 0 unspecified atom stereocenters. The van der Waals surface area contributed by atoms with Crippen LogP contribution < -0.4 is 19.5 Å². The van der Waals surface area contributed by atoms with Gasteiger partial charge in [-0.25, -0.2) is 4.39 Å². The summed E-state index contributed by atoms with van der Waals surface area (Å²) in [5.74, 6) is 0.749. The van der Waals surface area contributed by atoms with Gasteiger partial charge in [-0.1, -0.05) is 22.0 Å². The molecule has 25 heavy (non-hydrogen) atoms. The highest BCUT2D eigenvalue weighted by atomic mass is 79.9. The zero-order chi connectivity index (χ0) is 18.4. The Morgan fingerprint density at radius 2 is 1.72 bits per heavy atom. The molecule has 0 radical (unpaired) electrons. The van der Waals surface area contributed by atoms with Crippen LogP contribution in [0.15, 0.2) is 34.8 Å². The minimum Gasteiger partial charge on any atom is -0.493 e. The summed E-state index contributed by atoms with van der Waals surface area (Å²) in [6, 6.07) is 8.06. The number of amides is 1. The quantitative estimate of drug-likeness (QED) is 0.741. The molecule has 0 aromatic heterocycles. The van der Waals surface area contributed by atoms with Crippen molar-refractivity contribution in [2.45, 2.75) is 12.8 Å². The predicted octanol–water partition coefficient (Wildman–Crippen LogP) is 4.19. The standard InChI is InChI=1S/C18H19BrFNO4/c1-23-15-9-13(10-16(24-2)18(15)25-3)21-17(22)7-5-11-4-6-12(19)8-14(11)20/h4,6,8-10H,5,7H2,1-3H3,(H,21,22). The first-order chi connectivity index (χ1) is 12.0. The minimum atomic E-state index is -0.338. The van der Waals surface area contributed by atoms with Crippen molar-refractivity contribution in [2.24, 2.45) is 0 Å². The van der Waals surface area contributed by atoms with Crippen LogP contribution in [0.5, 0.6) is 17.2 Å². The molecule has 0 aliphatic carbocycles. The summed E-state index contributed by atoms with van der Waals surface area (Å²) in [5, 5.41) is 2.76. The van der Waals surface area contributed by atoms with Gasteiger partial charge in [-0.2, -0.15) is 0 Å². The average Bonchev–Trinajstić information content (AvgIpc) is 2.60. The second kappa shape index (κ2) is 8.71. The van der Waals surface area contributed by atoms with Gasteiger partial charge in [0.15, 0.2) is 11.5 Å². The smallest absolute Gasteiger partial charge is 0.224 e. The van der Waals surface area contributed by atoms with Gasteiger partial charge >= 0.3 is 0 Å². The molecule has 5 nitrogen and oxygen atoms in total. The highest BCUT2D eigenvalue weighted by Gasteiger charge is 2.15. The number of halogens is 2. The molecule has 0 heterocycles. The van der Waals surface area contributed by atoms with Gasteiger partial charge < -0.3 is 19.5 Å². The number of hydrogen-bond donors (Lipinski definition) is 1. The molecule has 0 fully saturated rings. The van der Waals surface area contributed by atoms with Gasteiger partial charge in [0.05, 0.1) is 21.3 Å².